The van der Waals surface area contributed by atoms with E-state index in [4.69, 9.17) is 11.6 Å². The lowest BCUT2D eigenvalue weighted by molar-refractivity contribution is 0.581. The molecule has 1 unspecified atom stereocenters. The fraction of sp³-hybridized carbons (Fsp3) is 0.200. The van der Waals surface area contributed by atoms with Gasteiger partial charge in [-0.1, -0.05) is 49.5 Å². The number of halogens is 4. The van der Waals surface area contributed by atoms with Crippen LogP contribution < -0.4 is 5.32 Å². The number of rotatable bonds is 4. The molecule has 2 rings (SSSR count). The van der Waals surface area contributed by atoms with Gasteiger partial charge in [0.1, 0.15) is 5.82 Å². The molecule has 0 radical (unpaired) electrons. The predicted octanol–water partition coefficient (Wildman–Crippen LogP) is 5.51. The fourth-order valence-corrected chi connectivity index (χ4v) is 3.44. The summed E-state index contributed by atoms with van der Waals surface area (Å²) in [5, 5.41) is 3.94. The largest absolute Gasteiger partial charge is 0.313 e. The van der Waals surface area contributed by atoms with Gasteiger partial charge in [-0.3, -0.25) is 0 Å². The van der Waals surface area contributed by atoms with Crippen molar-refractivity contribution in [3.63, 3.8) is 0 Å². The zero-order valence-corrected chi connectivity index (χ0v) is 14.7. The molecule has 0 spiro atoms. The molecule has 20 heavy (non-hydrogen) atoms. The third-order valence-corrected chi connectivity index (χ3v) is 4.81. The van der Waals surface area contributed by atoms with E-state index in [1.165, 1.54) is 6.07 Å². The van der Waals surface area contributed by atoms with Crippen molar-refractivity contribution in [1.29, 1.82) is 0 Å². The molecule has 0 saturated heterocycles. The highest BCUT2D eigenvalue weighted by molar-refractivity contribution is 9.10. The number of hydrogen-bond donors (Lipinski definition) is 1. The lowest BCUT2D eigenvalue weighted by Crippen LogP contribution is -2.19. The molecule has 0 bridgehead atoms. The van der Waals surface area contributed by atoms with Gasteiger partial charge in [-0.15, -0.1) is 0 Å². The van der Waals surface area contributed by atoms with Crippen molar-refractivity contribution in [3.05, 3.63) is 67.3 Å². The summed E-state index contributed by atoms with van der Waals surface area (Å²) < 4.78 is 15.2. The molecule has 106 valence electrons. The Balaban J connectivity index is 2.31. The fourth-order valence-electron chi connectivity index (χ4n) is 2.07. The van der Waals surface area contributed by atoms with Gasteiger partial charge < -0.3 is 5.32 Å². The minimum atomic E-state index is -0.228. The molecule has 0 aliphatic rings. The molecule has 0 saturated carbocycles. The van der Waals surface area contributed by atoms with Crippen LogP contribution in [0.15, 0.2) is 45.3 Å². The van der Waals surface area contributed by atoms with Gasteiger partial charge in [0.15, 0.2) is 0 Å². The van der Waals surface area contributed by atoms with Crippen molar-refractivity contribution >= 4 is 43.5 Å². The highest BCUT2D eigenvalue weighted by Crippen LogP contribution is 2.30. The van der Waals surface area contributed by atoms with E-state index in [-0.39, 0.29) is 11.9 Å². The molecule has 1 atom stereocenters. The molecule has 2 aromatic carbocycles. The van der Waals surface area contributed by atoms with E-state index in [0.717, 1.165) is 20.1 Å². The second-order valence-corrected chi connectivity index (χ2v) is 6.59. The maximum atomic E-state index is 13.4. The van der Waals surface area contributed by atoms with E-state index in [1.54, 1.807) is 12.1 Å². The van der Waals surface area contributed by atoms with Crippen LogP contribution in [0.25, 0.3) is 0 Å². The van der Waals surface area contributed by atoms with E-state index in [1.807, 2.05) is 25.2 Å². The molecule has 0 amide bonds. The standard InChI is InChI=1S/C15H13Br2ClFN/c1-20-15(12-4-2-10(18)8-14(12)17)7-9-6-11(19)3-5-13(9)16/h2-6,8,15,20H,7H2,1H3. The summed E-state index contributed by atoms with van der Waals surface area (Å²) in [7, 11) is 1.89. The summed E-state index contributed by atoms with van der Waals surface area (Å²) >= 11 is 13.0. The van der Waals surface area contributed by atoms with Gasteiger partial charge in [0.25, 0.3) is 0 Å². The molecule has 2 aromatic rings. The number of likely N-dealkylation sites (N-methyl/N-ethyl adjacent to an activating group) is 1. The Labute approximate surface area is 139 Å². The Hall–Kier alpha value is -0.420. The van der Waals surface area contributed by atoms with Gasteiger partial charge in [-0.05, 0) is 54.9 Å². The van der Waals surface area contributed by atoms with Gasteiger partial charge in [0, 0.05) is 20.0 Å². The normalized spacial score (nSPS) is 12.4. The molecule has 0 aliphatic carbocycles. The van der Waals surface area contributed by atoms with E-state index < -0.39 is 0 Å². The minimum absolute atomic E-state index is 0.0692. The summed E-state index contributed by atoms with van der Waals surface area (Å²) in [6.07, 6.45) is 0.676. The van der Waals surface area contributed by atoms with Gasteiger partial charge in [0.05, 0.1) is 0 Å². The maximum absolute atomic E-state index is 13.4. The Kier molecular flexibility index (Phi) is 5.61. The monoisotopic (exact) mass is 419 g/mol. The number of hydrogen-bond acceptors (Lipinski definition) is 1. The quantitative estimate of drug-likeness (QED) is 0.687. The zero-order valence-electron chi connectivity index (χ0n) is 10.8. The van der Waals surface area contributed by atoms with Crippen LogP contribution in [0.4, 0.5) is 4.39 Å². The van der Waals surface area contributed by atoms with Crippen LogP contribution in [-0.2, 0) is 6.42 Å². The van der Waals surface area contributed by atoms with Crippen LogP contribution in [0.5, 0.6) is 0 Å². The molecule has 0 aromatic heterocycles. The first-order valence-corrected chi connectivity index (χ1v) is 8.04. The second-order valence-electron chi connectivity index (χ2n) is 4.45. The van der Waals surface area contributed by atoms with Gasteiger partial charge in [-0.25, -0.2) is 4.39 Å². The summed E-state index contributed by atoms with van der Waals surface area (Å²) in [5.74, 6) is -0.228. The van der Waals surface area contributed by atoms with E-state index in [2.05, 4.69) is 37.2 Å². The predicted molar refractivity (Wildman–Crippen MR) is 88.8 cm³/mol. The number of nitrogens with one attached hydrogen (secondary N) is 1. The first-order valence-electron chi connectivity index (χ1n) is 6.07. The molecular formula is C15H13Br2ClFN. The first kappa shape index (κ1) is 16.0. The Morgan fingerprint density at radius 3 is 2.55 bits per heavy atom. The summed E-state index contributed by atoms with van der Waals surface area (Å²) in [4.78, 5) is 0. The Morgan fingerprint density at radius 1 is 1.15 bits per heavy atom. The lowest BCUT2D eigenvalue weighted by atomic mass is 9.99. The molecule has 5 heteroatoms. The highest BCUT2D eigenvalue weighted by Gasteiger charge is 2.15. The zero-order chi connectivity index (χ0) is 14.7. The van der Waals surface area contributed by atoms with E-state index >= 15 is 0 Å². The average Bonchev–Trinajstić information content (AvgIpc) is 2.40. The van der Waals surface area contributed by atoms with Crippen molar-refractivity contribution in [2.75, 3.05) is 7.05 Å². The SMILES string of the molecule is CNC(Cc1cc(F)ccc1Br)c1ccc(Cl)cc1Br. The first-order chi connectivity index (χ1) is 9.51. The van der Waals surface area contributed by atoms with Crippen molar-refractivity contribution < 1.29 is 4.39 Å². The van der Waals surface area contributed by atoms with Crippen LogP contribution in [0.1, 0.15) is 17.2 Å². The van der Waals surface area contributed by atoms with Crippen molar-refractivity contribution in [2.45, 2.75) is 12.5 Å². The summed E-state index contributed by atoms with van der Waals surface area (Å²) in [6, 6.07) is 10.5. The lowest BCUT2D eigenvalue weighted by Gasteiger charge is -2.19. The van der Waals surface area contributed by atoms with Crippen LogP contribution in [-0.4, -0.2) is 7.05 Å². The van der Waals surface area contributed by atoms with Crippen LogP contribution in [0, 0.1) is 5.82 Å². The summed E-state index contributed by atoms with van der Waals surface area (Å²) in [6.45, 7) is 0. The minimum Gasteiger partial charge on any atom is -0.313 e. The summed E-state index contributed by atoms with van der Waals surface area (Å²) in [5.41, 5.74) is 2.01. The molecule has 0 heterocycles. The molecule has 0 fully saturated rings. The maximum Gasteiger partial charge on any atom is 0.123 e. The van der Waals surface area contributed by atoms with Crippen LogP contribution in [0.2, 0.25) is 5.02 Å². The third kappa shape index (κ3) is 3.82. The Morgan fingerprint density at radius 2 is 1.90 bits per heavy atom. The molecule has 1 nitrogen and oxygen atoms in total. The second kappa shape index (κ2) is 7.03. The van der Waals surface area contributed by atoms with Crippen molar-refractivity contribution in [1.82, 2.24) is 5.32 Å². The molecule has 1 N–H and O–H groups in total. The number of benzene rings is 2. The van der Waals surface area contributed by atoms with E-state index in [0.29, 0.717) is 11.4 Å². The smallest absolute Gasteiger partial charge is 0.123 e. The van der Waals surface area contributed by atoms with Crippen molar-refractivity contribution in [3.8, 4) is 0 Å². The molecular weight excluding hydrogens is 408 g/mol. The Bertz CT molecular complexity index is 619. The van der Waals surface area contributed by atoms with Crippen molar-refractivity contribution in [2.24, 2.45) is 0 Å². The van der Waals surface area contributed by atoms with E-state index in [9.17, 15) is 4.39 Å². The topological polar surface area (TPSA) is 12.0 Å². The van der Waals surface area contributed by atoms with Crippen LogP contribution in [0.3, 0.4) is 0 Å². The third-order valence-electron chi connectivity index (χ3n) is 3.12. The van der Waals surface area contributed by atoms with Crippen LogP contribution >= 0.6 is 43.5 Å². The molecule has 0 aliphatic heterocycles. The van der Waals surface area contributed by atoms with Gasteiger partial charge in [-0.2, -0.15) is 0 Å². The average molecular weight is 422 g/mol. The van der Waals surface area contributed by atoms with Gasteiger partial charge in [0.2, 0.25) is 0 Å². The van der Waals surface area contributed by atoms with Gasteiger partial charge >= 0.3 is 0 Å². The highest BCUT2D eigenvalue weighted by atomic mass is 79.9.